The maximum absolute atomic E-state index is 10.9. The van der Waals surface area contributed by atoms with Crippen LogP contribution < -0.4 is 4.74 Å². The van der Waals surface area contributed by atoms with Crippen molar-refractivity contribution in [1.29, 1.82) is 0 Å². The summed E-state index contributed by atoms with van der Waals surface area (Å²) in [7, 11) is 0. The quantitative estimate of drug-likeness (QED) is 0.604. The summed E-state index contributed by atoms with van der Waals surface area (Å²) in [5.74, 6) is 0.0169. The molecule has 0 aromatic heterocycles. The van der Waals surface area contributed by atoms with E-state index in [2.05, 4.69) is 31.2 Å². The van der Waals surface area contributed by atoms with Crippen molar-refractivity contribution >= 4 is 29.3 Å². The molecular weight excluding hydrogens is 280 g/mol. The molecule has 0 unspecified atom stereocenters. The lowest BCUT2D eigenvalue weighted by atomic mass is 10.2. The molecule has 0 amide bonds. The van der Waals surface area contributed by atoms with E-state index in [1.165, 1.54) is 12.5 Å². The summed E-state index contributed by atoms with van der Waals surface area (Å²) < 4.78 is 4.99. The third kappa shape index (κ3) is 4.01. The highest BCUT2D eigenvalue weighted by Crippen LogP contribution is 2.33. The van der Waals surface area contributed by atoms with Crippen LogP contribution >= 0.6 is 23.4 Å². The lowest BCUT2D eigenvalue weighted by Crippen LogP contribution is -2.01. The van der Waals surface area contributed by atoms with Gasteiger partial charge < -0.3 is 4.74 Å². The molecule has 0 saturated carbocycles. The van der Waals surface area contributed by atoms with E-state index in [1.54, 1.807) is 23.9 Å². The lowest BCUT2D eigenvalue weighted by Gasteiger charge is -2.06. The molecule has 2 rings (SSSR count). The fraction of sp³-hybridized carbons (Fsp3) is 0.133. The fourth-order valence-corrected chi connectivity index (χ4v) is 2.67. The molecule has 0 aliphatic carbocycles. The minimum absolute atomic E-state index is 0.374. The minimum Gasteiger partial charge on any atom is -0.425 e. The lowest BCUT2D eigenvalue weighted by molar-refractivity contribution is -0.131. The van der Waals surface area contributed by atoms with Crippen LogP contribution in [0.3, 0.4) is 0 Å². The van der Waals surface area contributed by atoms with Crippen molar-refractivity contribution in [3.8, 4) is 5.75 Å². The average molecular weight is 293 g/mol. The molecule has 0 saturated heterocycles. The summed E-state index contributed by atoms with van der Waals surface area (Å²) in [6.45, 7) is 3.41. The Morgan fingerprint density at radius 2 is 1.74 bits per heavy atom. The highest BCUT2D eigenvalue weighted by Gasteiger charge is 2.06. The fourth-order valence-electron chi connectivity index (χ4n) is 1.53. The maximum atomic E-state index is 10.9. The van der Waals surface area contributed by atoms with Crippen LogP contribution in [0.4, 0.5) is 0 Å². The zero-order valence-electron chi connectivity index (χ0n) is 10.6. The molecule has 2 aromatic carbocycles. The van der Waals surface area contributed by atoms with Crippen molar-refractivity contribution in [1.82, 2.24) is 0 Å². The SMILES string of the molecule is CC(=O)Oc1ccc(Sc2ccc(C)cc2)cc1Cl. The first-order valence-electron chi connectivity index (χ1n) is 5.77. The van der Waals surface area contributed by atoms with Gasteiger partial charge in [0.1, 0.15) is 5.75 Å². The number of benzene rings is 2. The largest absolute Gasteiger partial charge is 0.425 e. The standard InChI is InChI=1S/C15H13ClO2S/c1-10-3-5-12(6-4-10)19-13-7-8-15(14(16)9-13)18-11(2)17/h3-9H,1-2H3. The first-order chi connectivity index (χ1) is 9.04. The number of rotatable bonds is 3. The van der Waals surface area contributed by atoms with E-state index in [0.29, 0.717) is 10.8 Å². The molecule has 0 fully saturated rings. The van der Waals surface area contributed by atoms with Crippen molar-refractivity contribution in [2.45, 2.75) is 23.6 Å². The Morgan fingerprint density at radius 3 is 2.32 bits per heavy atom. The van der Waals surface area contributed by atoms with Crippen LogP contribution in [0, 0.1) is 6.92 Å². The number of esters is 1. The van der Waals surface area contributed by atoms with Gasteiger partial charge >= 0.3 is 5.97 Å². The van der Waals surface area contributed by atoms with Gasteiger partial charge in [0.2, 0.25) is 0 Å². The van der Waals surface area contributed by atoms with Gasteiger partial charge in [-0.3, -0.25) is 4.79 Å². The van der Waals surface area contributed by atoms with E-state index in [9.17, 15) is 4.79 Å². The molecule has 0 N–H and O–H groups in total. The average Bonchev–Trinajstić information content (AvgIpc) is 2.35. The molecule has 0 heterocycles. The molecule has 0 atom stereocenters. The molecular formula is C15H13ClO2S. The normalized spacial score (nSPS) is 10.3. The highest BCUT2D eigenvalue weighted by molar-refractivity contribution is 7.99. The van der Waals surface area contributed by atoms with E-state index in [-0.39, 0.29) is 5.97 Å². The Hall–Kier alpha value is -1.45. The summed E-state index contributed by atoms with van der Waals surface area (Å²) in [6, 6.07) is 13.6. The summed E-state index contributed by atoms with van der Waals surface area (Å²) >= 11 is 7.69. The smallest absolute Gasteiger partial charge is 0.308 e. The van der Waals surface area contributed by atoms with Gasteiger partial charge in [-0.1, -0.05) is 41.1 Å². The Kier molecular flexibility index (Phi) is 4.51. The van der Waals surface area contributed by atoms with Gasteiger partial charge in [0, 0.05) is 16.7 Å². The van der Waals surface area contributed by atoms with E-state index in [0.717, 1.165) is 9.79 Å². The van der Waals surface area contributed by atoms with E-state index in [4.69, 9.17) is 16.3 Å². The van der Waals surface area contributed by atoms with Crippen molar-refractivity contribution in [3.63, 3.8) is 0 Å². The van der Waals surface area contributed by atoms with Gasteiger partial charge in [-0.25, -0.2) is 0 Å². The number of ether oxygens (including phenoxy) is 1. The third-order valence-corrected chi connectivity index (χ3v) is 3.71. The van der Waals surface area contributed by atoms with Gasteiger partial charge in [-0.2, -0.15) is 0 Å². The molecule has 0 spiro atoms. The number of carbonyl (C=O) groups is 1. The Bertz CT molecular complexity index is 594. The minimum atomic E-state index is -0.374. The van der Waals surface area contributed by atoms with Gasteiger partial charge in [0.25, 0.3) is 0 Å². The number of carbonyl (C=O) groups excluding carboxylic acids is 1. The van der Waals surface area contributed by atoms with Crippen LogP contribution in [0.2, 0.25) is 5.02 Å². The van der Waals surface area contributed by atoms with Crippen molar-refractivity contribution in [2.24, 2.45) is 0 Å². The zero-order valence-corrected chi connectivity index (χ0v) is 12.2. The second-order valence-corrected chi connectivity index (χ2v) is 5.66. The van der Waals surface area contributed by atoms with E-state index >= 15 is 0 Å². The molecule has 0 bridgehead atoms. The molecule has 2 nitrogen and oxygen atoms in total. The summed E-state index contributed by atoms with van der Waals surface area (Å²) in [6.07, 6.45) is 0. The summed E-state index contributed by atoms with van der Waals surface area (Å²) in [4.78, 5) is 13.0. The zero-order chi connectivity index (χ0) is 13.8. The van der Waals surface area contributed by atoms with Crippen molar-refractivity contribution in [3.05, 3.63) is 53.1 Å². The molecule has 0 radical (unpaired) electrons. The van der Waals surface area contributed by atoms with E-state index < -0.39 is 0 Å². The monoisotopic (exact) mass is 292 g/mol. The number of hydrogen-bond donors (Lipinski definition) is 0. The summed E-state index contributed by atoms with van der Waals surface area (Å²) in [5.41, 5.74) is 1.23. The summed E-state index contributed by atoms with van der Waals surface area (Å²) in [5, 5.41) is 0.437. The van der Waals surface area contributed by atoms with Crippen molar-refractivity contribution < 1.29 is 9.53 Å². The number of aryl methyl sites for hydroxylation is 1. The molecule has 19 heavy (non-hydrogen) atoms. The third-order valence-electron chi connectivity index (χ3n) is 2.41. The van der Waals surface area contributed by atoms with Gasteiger partial charge in [-0.05, 0) is 37.3 Å². The predicted molar refractivity (Wildman–Crippen MR) is 78.1 cm³/mol. The Labute approximate surface area is 121 Å². The van der Waals surface area contributed by atoms with Crippen LogP contribution in [0.15, 0.2) is 52.3 Å². The second kappa shape index (κ2) is 6.13. The van der Waals surface area contributed by atoms with E-state index in [1.807, 2.05) is 6.07 Å². The van der Waals surface area contributed by atoms with Gasteiger partial charge in [-0.15, -0.1) is 0 Å². The van der Waals surface area contributed by atoms with Crippen LogP contribution in [0.25, 0.3) is 0 Å². The van der Waals surface area contributed by atoms with Crippen molar-refractivity contribution in [2.75, 3.05) is 0 Å². The topological polar surface area (TPSA) is 26.3 Å². The number of hydrogen-bond acceptors (Lipinski definition) is 3. The molecule has 0 aliphatic rings. The molecule has 4 heteroatoms. The maximum Gasteiger partial charge on any atom is 0.308 e. The second-order valence-electron chi connectivity index (χ2n) is 4.10. The predicted octanol–water partition coefficient (Wildman–Crippen LogP) is 4.72. The molecule has 0 aliphatic heterocycles. The molecule has 2 aromatic rings. The molecule has 98 valence electrons. The van der Waals surface area contributed by atoms with Crippen LogP contribution in [-0.4, -0.2) is 5.97 Å². The Balaban J connectivity index is 2.15. The van der Waals surface area contributed by atoms with Crippen LogP contribution in [0.5, 0.6) is 5.75 Å². The van der Waals surface area contributed by atoms with Crippen LogP contribution in [-0.2, 0) is 4.79 Å². The first-order valence-corrected chi connectivity index (χ1v) is 6.96. The number of halogens is 1. The first kappa shape index (κ1) is 14.0. The van der Waals surface area contributed by atoms with Crippen LogP contribution in [0.1, 0.15) is 12.5 Å². The Morgan fingerprint density at radius 1 is 1.11 bits per heavy atom. The highest BCUT2D eigenvalue weighted by atomic mass is 35.5. The van der Waals surface area contributed by atoms with Gasteiger partial charge in [0.05, 0.1) is 5.02 Å². The van der Waals surface area contributed by atoms with Gasteiger partial charge in [0.15, 0.2) is 0 Å².